The Balaban J connectivity index is 1.41. The zero-order valence-electron chi connectivity index (χ0n) is 18.6. The number of Topliss-reactive ketones (excluding diaryl/α,β-unsaturated/α-hetero) is 1. The van der Waals surface area contributed by atoms with Crippen LogP contribution in [-0.2, 0) is 16.6 Å². The first kappa shape index (κ1) is 21.4. The summed E-state index contributed by atoms with van der Waals surface area (Å²) in [6, 6.07) is 25.3. The van der Waals surface area contributed by atoms with Gasteiger partial charge in [-0.1, -0.05) is 60.7 Å². The van der Waals surface area contributed by atoms with Crippen LogP contribution in [0.15, 0.2) is 78.9 Å². The Hall–Kier alpha value is -3.44. The fourth-order valence-electron chi connectivity index (χ4n) is 5.51. The summed E-state index contributed by atoms with van der Waals surface area (Å²) in [5.41, 5.74) is 8.85. The second-order valence-electron chi connectivity index (χ2n) is 8.97. The van der Waals surface area contributed by atoms with Crippen molar-refractivity contribution in [3.05, 3.63) is 101 Å². The van der Waals surface area contributed by atoms with E-state index in [1.54, 1.807) is 0 Å². The molecule has 3 aromatic carbocycles. The fourth-order valence-corrected chi connectivity index (χ4v) is 5.51. The summed E-state index contributed by atoms with van der Waals surface area (Å²) >= 11 is 0. The van der Waals surface area contributed by atoms with Crippen molar-refractivity contribution < 1.29 is 14.3 Å². The van der Waals surface area contributed by atoms with Gasteiger partial charge in [0.2, 0.25) is 5.91 Å². The van der Waals surface area contributed by atoms with E-state index in [1.165, 1.54) is 0 Å². The largest absolute Gasteiger partial charge is 0.493 e. The molecular formula is C28H28N2O3. The number of fused-ring (bicyclic) bond motifs is 1. The van der Waals surface area contributed by atoms with Gasteiger partial charge in [0.15, 0.2) is 5.78 Å². The minimum atomic E-state index is -0.939. The molecule has 33 heavy (non-hydrogen) atoms. The number of hydrogen-bond donors (Lipinski definition) is 1. The number of amides is 1. The third-order valence-electron chi connectivity index (χ3n) is 7.11. The highest BCUT2D eigenvalue weighted by molar-refractivity contribution is 5.98. The standard InChI is InChI=1S/C28H28N2O3/c29-27(32)28(22-7-3-1-4-8-22,23-9-5-2-6-10-23)24-13-15-30(18-24)19-25(31)20-11-12-26-21(17-20)14-16-33-26/h1-12,17,24H,13-16,18-19H2,(H2,29,32)/t24-/m0/s1. The van der Waals surface area contributed by atoms with Crippen LogP contribution in [0.5, 0.6) is 5.75 Å². The molecule has 0 radical (unpaired) electrons. The first-order chi connectivity index (χ1) is 16.1. The predicted molar refractivity (Wildman–Crippen MR) is 127 cm³/mol. The lowest BCUT2D eigenvalue weighted by Gasteiger charge is -2.37. The van der Waals surface area contributed by atoms with E-state index in [1.807, 2.05) is 78.9 Å². The first-order valence-electron chi connectivity index (χ1n) is 11.5. The maximum absolute atomic E-state index is 13.2. The number of rotatable bonds is 7. The topological polar surface area (TPSA) is 72.6 Å². The quantitative estimate of drug-likeness (QED) is 0.570. The van der Waals surface area contributed by atoms with E-state index in [0.717, 1.165) is 47.4 Å². The van der Waals surface area contributed by atoms with Crippen molar-refractivity contribution in [3.63, 3.8) is 0 Å². The molecule has 2 heterocycles. The third-order valence-corrected chi connectivity index (χ3v) is 7.11. The molecule has 3 aromatic rings. The van der Waals surface area contributed by atoms with Gasteiger partial charge in [0.1, 0.15) is 11.2 Å². The number of nitrogens with two attached hydrogens (primary N) is 1. The van der Waals surface area contributed by atoms with Gasteiger partial charge in [-0.25, -0.2) is 0 Å². The lowest BCUT2D eigenvalue weighted by molar-refractivity contribution is -0.123. The summed E-state index contributed by atoms with van der Waals surface area (Å²) < 4.78 is 5.56. The zero-order valence-corrected chi connectivity index (χ0v) is 18.6. The van der Waals surface area contributed by atoms with Crippen molar-refractivity contribution in [1.82, 2.24) is 4.90 Å². The number of benzene rings is 3. The van der Waals surface area contributed by atoms with Gasteiger partial charge in [-0.2, -0.15) is 0 Å². The van der Waals surface area contributed by atoms with Crippen LogP contribution in [0.3, 0.4) is 0 Å². The second kappa shape index (κ2) is 8.83. The minimum Gasteiger partial charge on any atom is -0.493 e. The number of likely N-dealkylation sites (tertiary alicyclic amines) is 1. The van der Waals surface area contributed by atoms with E-state index in [4.69, 9.17) is 10.5 Å². The smallest absolute Gasteiger partial charge is 0.232 e. The van der Waals surface area contributed by atoms with Crippen LogP contribution in [0.2, 0.25) is 0 Å². The summed E-state index contributed by atoms with van der Waals surface area (Å²) in [5, 5.41) is 0. The summed E-state index contributed by atoms with van der Waals surface area (Å²) in [5.74, 6) is 0.594. The molecule has 0 spiro atoms. The molecule has 0 saturated carbocycles. The molecule has 1 fully saturated rings. The third kappa shape index (κ3) is 3.83. The molecule has 2 aliphatic heterocycles. The van der Waals surface area contributed by atoms with Gasteiger partial charge in [0.05, 0.1) is 13.2 Å². The molecule has 5 heteroatoms. The summed E-state index contributed by atoms with van der Waals surface area (Å²) in [6.07, 6.45) is 1.63. The summed E-state index contributed by atoms with van der Waals surface area (Å²) in [6.45, 7) is 2.38. The van der Waals surface area contributed by atoms with Crippen molar-refractivity contribution in [2.75, 3.05) is 26.2 Å². The van der Waals surface area contributed by atoms with Crippen LogP contribution in [0, 0.1) is 5.92 Å². The van der Waals surface area contributed by atoms with E-state index >= 15 is 0 Å². The molecule has 168 valence electrons. The predicted octanol–water partition coefficient (Wildman–Crippen LogP) is 3.60. The van der Waals surface area contributed by atoms with E-state index in [-0.39, 0.29) is 17.6 Å². The van der Waals surface area contributed by atoms with E-state index in [9.17, 15) is 9.59 Å². The van der Waals surface area contributed by atoms with Crippen molar-refractivity contribution in [3.8, 4) is 5.75 Å². The molecule has 0 unspecified atom stereocenters. The van der Waals surface area contributed by atoms with Crippen LogP contribution in [-0.4, -0.2) is 42.8 Å². The van der Waals surface area contributed by atoms with Gasteiger partial charge < -0.3 is 10.5 Å². The normalized spacial score (nSPS) is 18.0. The van der Waals surface area contributed by atoms with Gasteiger partial charge >= 0.3 is 0 Å². The van der Waals surface area contributed by atoms with Crippen LogP contribution in [0.25, 0.3) is 0 Å². The SMILES string of the molecule is NC(=O)C(c1ccccc1)(c1ccccc1)[C@H]1CCN(CC(=O)c2ccc3c(c2)CCO3)C1. The van der Waals surface area contributed by atoms with Crippen molar-refractivity contribution in [2.24, 2.45) is 11.7 Å². The number of carbonyl (C=O) groups excluding carboxylic acids is 2. The highest BCUT2D eigenvalue weighted by Crippen LogP contribution is 2.43. The molecule has 1 amide bonds. The van der Waals surface area contributed by atoms with Crippen molar-refractivity contribution in [1.29, 1.82) is 0 Å². The Morgan fingerprint density at radius 2 is 1.64 bits per heavy atom. The molecule has 0 bridgehead atoms. The van der Waals surface area contributed by atoms with Crippen LogP contribution in [0.4, 0.5) is 0 Å². The number of primary amides is 1. The summed E-state index contributed by atoms with van der Waals surface area (Å²) in [7, 11) is 0. The average Bonchev–Trinajstić information content (AvgIpc) is 3.50. The molecule has 1 atom stereocenters. The molecule has 0 aromatic heterocycles. The van der Waals surface area contributed by atoms with Gasteiger partial charge in [-0.15, -0.1) is 0 Å². The molecule has 1 saturated heterocycles. The minimum absolute atomic E-state index is 0.0268. The number of carbonyl (C=O) groups is 2. The van der Waals surface area contributed by atoms with Crippen LogP contribution < -0.4 is 10.5 Å². The van der Waals surface area contributed by atoms with Gasteiger partial charge in [-0.05, 0) is 53.8 Å². The number of ether oxygens (including phenoxy) is 1. The number of hydrogen-bond acceptors (Lipinski definition) is 4. The molecule has 2 aliphatic rings. The highest BCUT2D eigenvalue weighted by atomic mass is 16.5. The second-order valence-corrected chi connectivity index (χ2v) is 8.97. The Kier molecular flexibility index (Phi) is 5.73. The fraction of sp³-hybridized carbons (Fsp3) is 0.286. The number of ketones is 1. The Morgan fingerprint density at radius 3 is 2.27 bits per heavy atom. The molecule has 5 nitrogen and oxygen atoms in total. The lowest BCUT2D eigenvalue weighted by atomic mass is 9.64. The first-order valence-corrected chi connectivity index (χ1v) is 11.5. The van der Waals surface area contributed by atoms with Crippen LogP contribution in [0.1, 0.15) is 33.5 Å². The maximum Gasteiger partial charge on any atom is 0.232 e. The monoisotopic (exact) mass is 440 g/mol. The van der Waals surface area contributed by atoms with Crippen molar-refractivity contribution >= 4 is 11.7 Å². The lowest BCUT2D eigenvalue weighted by Crippen LogP contribution is -2.49. The zero-order chi connectivity index (χ0) is 22.8. The van der Waals surface area contributed by atoms with Gasteiger partial charge in [0.25, 0.3) is 0 Å². The maximum atomic E-state index is 13.2. The Morgan fingerprint density at radius 1 is 0.970 bits per heavy atom. The summed E-state index contributed by atoms with van der Waals surface area (Å²) in [4.78, 5) is 28.4. The van der Waals surface area contributed by atoms with Gasteiger partial charge in [0, 0.05) is 18.5 Å². The number of nitrogens with zero attached hydrogens (tertiary/aromatic N) is 1. The van der Waals surface area contributed by atoms with E-state index < -0.39 is 5.41 Å². The van der Waals surface area contributed by atoms with Crippen molar-refractivity contribution in [2.45, 2.75) is 18.3 Å². The van der Waals surface area contributed by atoms with Crippen LogP contribution >= 0.6 is 0 Å². The molecule has 2 N–H and O–H groups in total. The van der Waals surface area contributed by atoms with E-state index in [2.05, 4.69) is 4.90 Å². The molecule has 5 rings (SSSR count). The average molecular weight is 441 g/mol. The highest BCUT2D eigenvalue weighted by Gasteiger charge is 2.49. The van der Waals surface area contributed by atoms with E-state index in [0.29, 0.717) is 19.7 Å². The Labute approximate surface area is 194 Å². The molecular weight excluding hydrogens is 412 g/mol. The van der Waals surface area contributed by atoms with Gasteiger partial charge in [-0.3, -0.25) is 14.5 Å². The molecule has 0 aliphatic carbocycles. The Bertz CT molecular complexity index is 1120.